The lowest BCUT2D eigenvalue weighted by Crippen LogP contribution is -2.07. The summed E-state index contributed by atoms with van der Waals surface area (Å²) in [6.07, 6.45) is 0. The van der Waals surface area contributed by atoms with Gasteiger partial charge in [-0.2, -0.15) is 5.26 Å². The van der Waals surface area contributed by atoms with E-state index < -0.39 is 5.82 Å². The van der Waals surface area contributed by atoms with E-state index in [2.05, 4.69) is 5.32 Å². The van der Waals surface area contributed by atoms with Gasteiger partial charge in [0.05, 0.1) is 15.6 Å². The molecule has 20 heavy (non-hydrogen) atoms. The maximum atomic E-state index is 13.2. The maximum absolute atomic E-state index is 13.2. The van der Waals surface area contributed by atoms with E-state index in [4.69, 9.17) is 28.5 Å². The Morgan fingerprint density at radius 1 is 1.15 bits per heavy atom. The predicted octanol–water partition coefficient (Wildman–Crippen LogP) is 5.18. The zero-order valence-corrected chi connectivity index (χ0v) is 12.1. The number of anilines is 1. The van der Waals surface area contributed by atoms with Gasteiger partial charge in [0.25, 0.3) is 0 Å². The van der Waals surface area contributed by atoms with Crippen molar-refractivity contribution >= 4 is 28.9 Å². The molecule has 2 aromatic carbocycles. The average Bonchev–Trinajstić information content (AvgIpc) is 2.43. The van der Waals surface area contributed by atoms with Crippen LogP contribution in [0.25, 0.3) is 0 Å². The van der Waals surface area contributed by atoms with Crippen molar-refractivity contribution in [1.29, 1.82) is 5.26 Å². The molecule has 0 fully saturated rings. The number of nitrogens with zero attached hydrogens (tertiary/aromatic N) is 1. The van der Waals surface area contributed by atoms with Crippen LogP contribution in [0.1, 0.15) is 24.1 Å². The SMILES string of the molecule is CC(Nc1ccc(F)c(C#N)c1)c1ccc(Cl)c(Cl)c1. The molecule has 0 aliphatic rings. The molecule has 1 N–H and O–H groups in total. The fourth-order valence-corrected chi connectivity index (χ4v) is 2.12. The van der Waals surface area contributed by atoms with E-state index in [1.807, 2.05) is 19.1 Å². The second-order valence-electron chi connectivity index (χ2n) is 4.35. The van der Waals surface area contributed by atoms with Crippen LogP contribution in [0.15, 0.2) is 36.4 Å². The third-order valence-corrected chi connectivity index (χ3v) is 3.65. The van der Waals surface area contributed by atoms with E-state index in [1.165, 1.54) is 12.1 Å². The van der Waals surface area contributed by atoms with Crippen LogP contribution >= 0.6 is 23.2 Å². The lowest BCUT2D eigenvalue weighted by Gasteiger charge is -2.16. The molecular weight excluding hydrogens is 298 g/mol. The highest BCUT2D eigenvalue weighted by atomic mass is 35.5. The minimum absolute atomic E-state index is 0.0105. The molecule has 2 rings (SSSR count). The first-order valence-electron chi connectivity index (χ1n) is 5.92. The van der Waals surface area contributed by atoms with Crippen molar-refractivity contribution < 1.29 is 4.39 Å². The number of nitrogens with one attached hydrogen (secondary N) is 1. The standard InChI is InChI=1S/C15H11Cl2FN2/c1-9(10-2-4-13(16)14(17)7-10)20-12-3-5-15(18)11(6-12)8-19/h2-7,9,20H,1H3. The van der Waals surface area contributed by atoms with Gasteiger partial charge in [0.1, 0.15) is 11.9 Å². The van der Waals surface area contributed by atoms with Crippen molar-refractivity contribution in [2.24, 2.45) is 0 Å². The second kappa shape index (κ2) is 6.13. The van der Waals surface area contributed by atoms with Gasteiger partial charge in [0.15, 0.2) is 0 Å². The predicted molar refractivity (Wildman–Crippen MR) is 79.6 cm³/mol. The van der Waals surface area contributed by atoms with Crippen LogP contribution in [0.2, 0.25) is 10.0 Å². The van der Waals surface area contributed by atoms with Gasteiger partial charge in [-0.1, -0.05) is 29.3 Å². The maximum Gasteiger partial charge on any atom is 0.141 e. The summed E-state index contributed by atoms with van der Waals surface area (Å²) in [4.78, 5) is 0. The molecule has 0 heterocycles. The Bertz CT molecular complexity index is 680. The van der Waals surface area contributed by atoms with Gasteiger partial charge in [-0.05, 0) is 42.8 Å². The first-order valence-corrected chi connectivity index (χ1v) is 6.68. The summed E-state index contributed by atoms with van der Waals surface area (Å²) in [5.41, 5.74) is 1.63. The lowest BCUT2D eigenvalue weighted by atomic mass is 10.1. The smallest absolute Gasteiger partial charge is 0.141 e. The van der Waals surface area contributed by atoms with Gasteiger partial charge in [0, 0.05) is 11.7 Å². The Morgan fingerprint density at radius 3 is 2.55 bits per heavy atom. The summed E-state index contributed by atoms with van der Waals surface area (Å²) in [5, 5.41) is 13.0. The van der Waals surface area contributed by atoms with Crippen molar-refractivity contribution in [1.82, 2.24) is 0 Å². The first-order chi connectivity index (χ1) is 9.51. The van der Waals surface area contributed by atoms with Crippen LogP contribution in [-0.2, 0) is 0 Å². The van der Waals surface area contributed by atoms with Gasteiger partial charge in [0.2, 0.25) is 0 Å². The summed E-state index contributed by atoms with van der Waals surface area (Å²) < 4.78 is 13.2. The summed E-state index contributed by atoms with van der Waals surface area (Å²) in [6.45, 7) is 1.94. The first kappa shape index (κ1) is 14.6. The largest absolute Gasteiger partial charge is 0.378 e. The molecule has 0 spiro atoms. The molecule has 0 radical (unpaired) electrons. The monoisotopic (exact) mass is 308 g/mol. The van der Waals surface area contributed by atoms with E-state index in [1.54, 1.807) is 18.2 Å². The third-order valence-electron chi connectivity index (χ3n) is 2.91. The lowest BCUT2D eigenvalue weighted by molar-refractivity contribution is 0.624. The molecule has 102 valence electrons. The summed E-state index contributed by atoms with van der Waals surface area (Å²) in [7, 11) is 0. The number of benzene rings is 2. The number of nitriles is 1. The van der Waals surface area contributed by atoms with Gasteiger partial charge in [-0.3, -0.25) is 0 Å². The van der Waals surface area contributed by atoms with Gasteiger partial charge < -0.3 is 5.32 Å². The molecule has 0 aromatic heterocycles. The van der Waals surface area contributed by atoms with E-state index in [0.29, 0.717) is 15.7 Å². The summed E-state index contributed by atoms with van der Waals surface area (Å²) in [5.74, 6) is -0.528. The molecule has 1 unspecified atom stereocenters. The number of hydrogen-bond acceptors (Lipinski definition) is 2. The molecule has 0 aliphatic heterocycles. The highest BCUT2D eigenvalue weighted by Crippen LogP contribution is 2.27. The van der Waals surface area contributed by atoms with Crippen molar-refractivity contribution in [3.05, 3.63) is 63.4 Å². The molecule has 2 aromatic rings. The normalized spacial score (nSPS) is 11.8. The molecule has 0 aliphatic carbocycles. The highest BCUT2D eigenvalue weighted by molar-refractivity contribution is 6.42. The Labute approximate surface area is 126 Å². The Hall–Kier alpha value is -1.76. The molecule has 0 saturated heterocycles. The molecule has 1 atom stereocenters. The second-order valence-corrected chi connectivity index (χ2v) is 5.16. The molecule has 5 heteroatoms. The molecule has 0 bridgehead atoms. The van der Waals surface area contributed by atoms with Gasteiger partial charge in [-0.25, -0.2) is 4.39 Å². The van der Waals surface area contributed by atoms with E-state index in [9.17, 15) is 4.39 Å². The summed E-state index contributed by atoms with van der Waals surface area (Å²) in [6, 6.07) is 11.4. The third kappa shape index (κ3) is 3.22. The molecule has 0 amide bonds. The van der Waals surface area contributed by atoms with E-state index in [-0.39, 0.29) is 11.6 Å². The van der Waals surface area contributed by atoms with E-state index >= 15 is 0 Å². The van der Waals surface area contributed by atoms with Crippen molar-refractivity contribution in [3.63, 3.8) is 0 Å². The topological polar surface area (TPSA) is 35.8 Å². The number of hydrogen-bond donors (Lipinski definition) is 1. The van der Waals surface area contributed by atoms with Crippen molar-refractivity contribution in [2.45, 2.75) is 13.0 Å². The minimum atomic E-state index is -0.528. The van der Waals surface area contributed by atoms with Crippen molar-refractivity contribution in [3.8, 4) is 6.07 Å². The van der Waals surface area contributed by atoms with Gasteiger partial charge in [-0.15, -0.1) is 0 Å². The fourth-order valence-electron chi connectivity index (χ4n) is 1.82. The Balaban J connectivity index is 2.21. The quantitative estimate of drug-likeness (QED) is 0.848. The van der Waals surface area contributed by atoms with Gasteiger partial charge >= 0.3 is 0 Å². The minimum Gasteiger partial charge on any atom is -0.378 e. The van der Waals surface area contributed by atoms with Crippen LogP contribution < -0.4 is 5.32 Å². The molecule has 0 saturated carbocycles. The highest BCUT2D eigenvalue weighted by Gasteiger charge is 2.09. The van der Waals surface area contributed by atoms with Crippen LogP contribution in [0, 0.1) is 17.1 Å². The van der Waals surface area contributed by atoms with Crippen LogP contribution in [-0.4, -0.2) is 0 Å². The summed E-state index contributed by atoms with van der Waals surface area (Å²) >= 11 is 11.8. The molecule has 2 nitrogen and oxygen atoms in total. The zero-order chi connectivity index (χ0) is 14.7. The fraction of sp³-hybridized carbons (Fsp3) is 0.133. The van der Waals surface area contributed by atoms with Crippen LogP contribution in [0.4, 0.5) is 10.1 Å². The van der Waals surface area contributed by atoms with Crippen LogP contribution in [0.5, 0.6) is 0 Å². The number of halogens is 3. The van der Waals surface area contributed by atoms with E-state index in [0.717, 1.165) is 5.56 Å². The van der Waals surface area contributed by atoms with Crippen molar-refractivity contribution in [2.75, 3.05) is 5.32 Å². The zero-order valence-electron chi connectivity index (χ0n) is 10.6. The number of rotatable bonds is 3. The Kier molecular flexibility index (Phi) is 4.49. The van der Waals surface area contributed by atoms with Crippen LogP contribution in [0.3, 0.4) is 0 Å². The average molecular weight is 309 g/mol. The Morgan fingerprint density at radius 2 is 1.90 bits per heavy atom. The molecular formula is C15H11Cl2FN2.